The van der Waals surface area contributed by atoms with Gasteiger partial charge < -0.3 is 15.0 Å². The molecule has 0 aromatic carbocycles. The van der Waals surface area contributed by atoms with Crippen molar-refractivity contribution in [2.45, 2.75) is 26.4 Å². The minimum absolute atomic E-state index is 0.468. The largest absolute Gasteiger partial charge is 0.492 e. The average molecular weight is 237 g/mol. The van der Waals surface area contributed by atoms with E-state index in [1.165, 1.54) is 0 Å². The first-order valence-corrected chi connectivity index (χ1v) is 6.04. The summed E-state index contributed by atoms with van der Waals surface area (Å²) in [7, 11) is 4.07. The van der Waals surface area contributed by atoms with Crippen LogP contribution in [0.4, 0.5) is 0 Å². The number of ether oxygens (including phenoxy) is 1. The van der Waals surface area contributed by atoms with E-state index in [2.05, 4.69) is 29.0 Å². The van der Waals surface area contributed by atoms with Crippen molar-refractivity contribution in [1.82, 2.24) is 15.2 Å². The Labute approximate surface area is 104 Å². The lowest BCUT2D eigenvalue weighted by Crippen LogP contribution is -2.22. The van der Waals surface area contributed by atoms with Crippen LogP contribution in [-0.2, 0) is 6.54 Å². The fourth-order valence-corrected chi connectivity index (χ4v) is 1.30. The molecule has 0 saturated carbocycles. The highest BCUT2D eigenvalue weighted by Crippen LogP contribution is 2.10. The van der Waals surface area contributed by atoms with E-state index in [1.807, 2.05) is 26.2 Å². The molecule has 0 bridgehead atoms. The van der Waals surface area contributed by atoms with Gasteiger partial charge in [0.2, 0.25) is 0 Å². The maximum atomic E-state index is 5.65. The first-order chi connectivity index (χ1) is 8.08. The van der Waals surface area contributed by atoms with Crippen molar-refractivity contribution in [3.8, 4) is 5.75 Å². The molecule has 0 fully saturated rings. The molecule has 1 aromatic heterocycles. The van der Waals surface area contributed by atoms with E-state index in [4.69, 9.17) is 4.74 Å². The van der Waals surface area contributed by atoms with E-state index in [1.54, 1.807) is 6.20 Å². The summed E-state index contributed by atoms with van der Waals surface area (Å²) in [5, 5.41) is 3.34. The summed E-state index contributed by atoms with van der Waals surface area (Å²) in [5.41, 5.74) is 1.01. The molecule has 0 aliphatic rings. The summed E-state index contributed by atoms with van der Waals surface area (Å²) in [5.74, 6) is 0.891. The summed E-state index contributed by atoms with van der Waals surface area (Å²) in [6.07, 6.45) is 1.79. The van der Waals surface area contributed by atoms with Crippen LogP contribution in [0.5, 0.6) is 5.75 Å². The van der Waals surface area contributed by atoms with Crippen LogP contribution in [0.1, 0.15) is 19.5 Å². The molecular formula is C13H23N3O. The van der Waals surface area contributed by atoms with E-state index < -0.39 is 0 Å². The molecule has 96 valence electrons. The first kappa shape index (κ1) is 13.9. The summed E-state index contributed by atoms with van der Waals surface area (Å²) in [4.78, 5) is 6.40. The predicted molar refractivity (Wildman–Crippen MR) is 70.3 cm³/mol. The van der Waals surface area contributed by atoms with Gasteiger partial charge in [-0.3, -0.25) is 4.98 Å². The van der Waals surface area contributed by atoms with Gasteiger partial charge in [-0.2, -0.15) is 0 Å². The number of rotatable bonds is 7. The lowest BCUT2D eigenvalue weighted by atomic mass is 10.3. The normalized spacial score (nSPS) is 11.2. The van der Waals surface area contributed by atoms with Crippen LogP contribution in [0, 0.1) is 0 Å². The maximum Gasteiger partial charge on any atom is 0.122 e. The number of nitrogens with zero attached hydrogens (tertiary/aromatic N) is 2. The molecule has 4 nitrogen and oxygen atoms in total. The standard InChI is InChI=1S/C13H23N3O/c1-11(2)15-10-12-9-13(5-6-14-12)17-8-7-16(3)4/h5-6,9,11,15H,7-8,10H2,1-4H3. The third-order valence-electron chi connectivity index (χ3n) is 2.29. The number of nitrogens with one attached hydrogen (secondary N) is 1. The zero-order chi connectivity index (χ0) is 12.7. The Morgan fingerprint density at radius 2 is 2.18 bits per heavy atom. The Hall–Kier alpha value is -1.13. The monoisotopic (exact) mass is 237 g/mol. The fourth-order valence-electron chi connectivity index (χ4n) is 1.30. The van der Waals surface area contributed by atoms with Gasteiger partial charge in [-0.1, -0.05) is 13.8 Å². The minimum atomic E-state index is 0.468. The Balaban J connectivity index is 2.42. The number of hydrogen-bond acceptors (Lipinski definition) is 4. The van der Waals surface area contributed by atoms with Crippen molar-refractivity contribution in [1.29, 1.82) is 0 Å². The topological polar surface area (TPSA) is 37.4 Å². The number of hydrogen-bond donors (Lipinski definition) is 1. The van der Waals surface area contributed by atoms with Crippen molar-refractivity contribution in [2.24, 2.45) is 0 Å². The SMILES string of the molecule is CC(C)NCc1cc(OCCN(C)C)ccn1. The quantitative estimate of drug-likeness (QED) is 0.780. The van der Waals surface area contributed by atoms with Crippen LogP contribution in [0.3, 0.4) is 0 Å². The van der Waals surface area contributed by atoms with Crippen molar-refractivity contribution in [3.05, 3.63) is 24.0 Å². The van der Waals surface area contributed by atoms with Gasteiger partial charge in [-0.25, -0.2) is 0 Å². The molecule has 0 aliphatic carbocycles. The molecular weight excluding hydrogens is 214 g/mol. The van der Waals surface area contributed by atoms with Crippen LogP contribution in [0.25, 0.3) is 0 Å². The highest BCUT2D eigenvalue weighted by Gasteiger charge is 2.00. The second-order valence-electron chi connectivity index (χ2n) is 4.67. The Bertz CT molecular complexity index is 326. The lowest BCUT2D eigenvalue weighted by molar-refractivity contribution is 0.261. The van der Waals surface area contributed by atoms with E-state index in [0.29, 0.717) is 12.6 Å². The summed E-state index contributed by atoms with van der Waals surface area (Å²) < 4.78 is 5.65. The van der Waals surface area contributed by atoms with Gasteiger partial charge in [-0.05, 0) is 20.2 Å². The van der Waals surface area contributed by atoms with Crippen molar-refractivity contribution in [2.75, 3.05) is 27.2 Å². The summed E-state index contributed by atoms with van der Waals surface area (Å²) in [6, 6.07) is 4.36. The number of pyridine rings is 1. The molecule has 0 amide bonds. The maximum absolute atomic E-state index is 5.65. The Kier molecular flexibility index (Phi) is 5.94. The lowest BCUT2D eigenvalue weighted by Gasteiger charge is -2.12. The average Bonchev–Trinajstić information content (AvgIpc) is 2.26. The second-order valence-corrected chi connectivity index (χ2v) is 4.67. The summed E-state index contributed by atoms with van der Waals surface area (Å²) >= 11 is 0. The van der Waals surface area contributed by atoms with Crippen molar-refractivity contribution >= 4 is 0 Å². The van der Waals surface area contributed by atoms with E-state index in [-0.39, 0.29) is 0 Å². The zero-order valence-corrected chi connectivity index (χ0v) is 11.2. The molecule has 0 saturated heterocycles. The van der Waals surface area contributed by atoms with Gasteiger partial charge in [0.15, 0.2) is 0 Å². The van der Waals surface area contributed by atoms with E-state index in [9.17, 15) is 0 Å². The van der Waals surface area contributed by atoms with Crippen LogP contribution in [0.2, 0.25) is 0 Å². The molecule has 4 heteroatoms. The highest BCUT2D eigenvalue weighted by molar-refractivity contribution is 5.22. The van der Waals surface area contributed by atoms with Gasteiger partial charge in [0, 0.05) is 31.4 Å². The fraction of sp³-hybridized carbons (Fsp3) is 0.615. The molecule has 0 atom stereocenters. The van der Waals surface area contributed by atoms with Crippen LogP contribution in [-0.4, -0.2) is 43.2 Å². The van der Waals surface area contributed by atoms with Crippen LogP contribution >= 0.6 is 0 Å². The van der Waals surface area contributed by atoms with Crippen LogP contribution < -0.4 is 10.1 Å². The molecule has 0 unspecified atom stereocenters. The molecule has 1 aromatic rings. The highest BCUT2D eigenvalue weighted by atomic mass is 16.5. The summed E-state index contributed by atoms with van der Waals surface area (Å²) in [6.45, 7) is 6.65. The van der Waals surface area contributed by atoms with Gasteiger partial charge >= 0.3 is 0 Å². The molecule has 1 rings (SSSR count). The molecule has 1 heterocycles. The molecule has 0 aliphatic heterocycles. The van der Waals surface area contributed by atoms with Gasteiger partial charge in [-0.15, -0.1) is 0 Å². The zero-order valence-electron chi connectivity index (χ0n) is 11.2. The van der Waals surface area contributed by atoms with Crippen LogP contribution in [0.15, 0.2) is 18.3 Å². The van der Waals surface area contributed by atoms with Crippen molar-refractivity contribution in [3.63, 3.8) is 0 Å². The predicted octanol–water partition coefficient (Wildman–Crippen LogP) is 1.52. The smallest absolute Gasteiger partial charge is 0.122 e. The van der Waals surface area contributed by atoms with Gasteiger partial charge in [0.25, 0.3) is 0 Å². The third-order valence-corrected chi connectivity index (χ3v) is 2.29. The van der Waals surface area contributed by atoms with E-state index >= 15 is 0 Å². The Morgan fingerprint density at radius 3 is 2.82 bits per heavy atom. The number of aromatic nitrogens is 1. The molecule has 17 heavy (non-hydrogen) atoms. The molecule has 1 N–H and O–H groups in total. The number of likely N-dealkylation sites (N-methyl/N-ethyl adjacent to an activating group) is 1. The second kappa shape index (κ2) is 7.25. The Morgan fingerprint density at radius 1 is 1.41 bits per heavy atom. The van der Waals surface area contributed by atoms with Gasteiger partial charge in [0.05, 0.1) is 5.69 Å². The molecule has 0 spiro atoms. The minimum Gasteiger partial charge on any atom is -0.492 e. The first-order valence-electron chi connectivity index (χ1n) is 6.04. The van der Waals surface area contributed by atoms with Crippen molar-refractivity contribution < 1.29 is 4.74 Å². The van der Waals surface area contributed by atoms with E-state index in [0.717, 1.165) is 24.5 Å². The third kappa shape index (κ3) is 6.24. The molecule has 0 radical (unpaired) electrons. The van der Waals surface area contributed by atoms with Gasteiger partial charge in [0.1, 0.15) is 12.4 Å².